The SMILES string of the molecule is CC(CCNC(=O)N(C)c1ccc(O)cc1)CCC(=O)O. The van der Waals surface area contributed by atoms with Gasteiger partial charge in [-0.1, -0.05) is 6.92 Å². The van der Waals surface area contributed by atoms with Crippen molar-refractivity contribution in [2.75, 3.05) is 18.5 Å². The van der Waals surface area contributed by atoms with E-state index in [4.69, 9.17) is 5.11 Å². The van der Waals surface area contributed by atoms with Crippen molar-refractivity contribution in [1.29, 1.82) is 0 Å². The van der Waals surface area contributed by atoms with Crippen LogP contribution in [0.1, 0.15) is 26.2 Å². The normalized spacial score (nSPS) is 11.7. The van der Waals surface area contributed by atoms with Crippen molar-refractivity contribution in [3.05, 3.63) is 24.3 Å². The molecule has 0 bridgehead atoms. The molecule has 0 aliphatic rings. The van der Waals surface area contributed by atoms with Crippen LogP contribution in [0.15, 0.2) is 24.3 Å². The van der Waals surface area contributed by atoms with E-state index in [0.29, 0.717) is 18.7 Å². The number of benzene rings is 1. The van der Waals surface area contributed by atoms with Gasteiger partial charge in [0.25, 0.3) is 0 Å². The van der Waals surface area contributed by atoms with E-state index in [0.717, 1.165) is 6.42 Å². The van der Waals surface area contributed by atoms with Crippen LogP contribution in [-0.2, 0) is 4.79 Å². The van der Waals surface area contributed by atoms with Crippen LogP contribution in [0.2, 0.25) is 0 Å². The number of carbonyl (C=O) groups is 2. The van der Waals surface area contributed by atoms with Gasteiger partial charge in [-0.05, 0) is 43.0 Å². The fraction of sp³-hybridized carbons (Fsp3) is 0.467. The third kappa shape index (κ3) is 6.16. The van der Waals surface area contributed by atoms with E-state index in [2.05, 4.69) is 5.32 Å². The van der Waals surface area contributed by atoms with E-state index in [9.17, 15) is 14.7 Å². The van der Waals surface area contributed by atoms with Gasteiger partial charge < -0.3 is 15.5 Å². The number of carboxylic acid groups (broad SMARTS) is 1. The summed E-state index contributed by atoms with van der Waals surface area (Å²) in [7, 11) is 1.65. The summed E-state index contributed by atoms with van der Waals surface area (Å²) < 4.78 is 0. The average molecular weight is 294 g/mol. The zero-order chi connectivity index (χ0) is 15.8. The fourth-order valence-electron chi connectivity index (χ4n) is 1.85. The Morgan fingerprint density at radius 3 is 2.43 bits per heavy atom. The second-order valence-corrected chi connectivity index (χ2v) is 5.13. The lowest BCUT2D eigenvalue weighted by molar-refractivity contribution is -0.137. The van der Waals surface area contributed by atoms with E-state index in [-0.39, 0.29) is 24.1 Å². The van der Waals surface area contributed by atoms with Crippen LogP contribution in [0.5, 0.6) is 5.75 Å². The largest absolute Gasteiger partial charge is 0.508 e. The number of rotatable bonds is 7. The number of carbonyl (C=O) groups excluding carboxylic acids is 1. The number of hydrogen-bond acceptors (Lipinski definition) is 3. The molecule has 1 rings (SSSR count). The van der Waals surface area contributed by atoms with Gasteiger partial charge in [0.05, 0.1) is 0 Å². The number of carboxylic acids is 1. The molecule has 6 nitrogen and oxygen atoms in total. The van der Waals surface area contributed by atoms with Gasteiger partial charge in [-0.15, -0.1) is 0 Å². The van der Waals surface area contributed by atoms with Crippen molar-refractivity contribution in [3.63, 3.8) is 0 Å². The molecular formula is C15H22N2O4. The molecule has 21 heavy (non-hydrogen) atoms. The summed E-state index contributed by atoms with van der Waals surface area (Å²) in [6.07, 6.45) is 1.50. The molecule has 0 spiro atoms. The minimum Gasteiger partial charge on any atom is -0.508 e. The molecule has 1 atom stereocenters. The van der Waals surface area contributed by atoms with E-state index in [1.54, 1.807) is 19.2 Å². The van der Waals surface area contributed by atoms with Crippen LogP contribution in [0.4, 0.5) is 10.5 Å². The number of phenolic OH excluding ortho intramolecular Hbond substituents is 1. The number of aromatic hydroxyl groups is 1. The molecular weight excluding hydrogens is 272 g/mol. The molecule has 0 aromatic heterocycles. The van der Waals surface area contributed by atoms with Gasteiger partial charge in [-0.3, -0.25) is 9.69 Å². The minimum atomic E-state index is -0.794. The van der Waals surface area contributed by atoms with Crippen LogP contribution in [0.3, 0.4) is 0 Å². The number of nitrogens with zero attached hydrogens (tertiary/aromatic N) is 1. The lowest BCUT2D eigenvalue weighted by atomic mass is 10.0. The highest BCUT2D eigenvalue weighted by atomic mass is 16.4. The molecule has 1 unspecified atom stereocenters. The van der Waals surface area contributed by atoms with Crippen LogP contribution >= 0.6 is 0 Å². The van der Waals surface area contributed by atoms with Crippen molar-refractivity contribution in [2.45, 2.75) is 26.2 Å². The van der Waals surface area contributed by atoms with Gasteiger partial charge in [-0.2, -0.15) is 0 Å². The van der Waals surface area contributed by atoms with Gasteiger partial charge >= 0.3 is 12.0 Å². The summed E-state index contributed by atoms with van der Waals surface area (Å²) in [6.45, 7) is 2.47. The molecule has 0 aliphatic carbocycles. The third-order valence-electron chi connectivity index (χ3n) is 3.31. The van der Waals surface area contributed by atoms with Crippen molar-refractivity contribution in [2.24, 2.45) is 5.92 Å². The highest BCUT2D eigenvalue weighted by Gasteiger charge is 2.11. The number of aliphatic carboxylic acids is 1. The first kappa shape index (κ1) is 16.8. The molecule has 6 heteroatoms. The summed E-state index contributed by atoms with van der Waals surface area (Å²) in [5.41, 5.74) is 0.684. The summed E-state index contributed by atoms with van der Waals surface area (Å²) in [5.74, 6) is -0.391. The molecule has 3 N–H and O–H groups in total. The van der Waals surface area contributed by atoms with Gasteiger partial charge in [0.1, 0.15) is 5.75 Å². The van der Waals surface area contributed by atoms with Crippen LogP contribution < -0.4 is 10.2 Å². The lowest BCUT2D eigenvalue weighted by Gasteiger charge is -2.19. The Hall–Kier alpha value is -2.24. The standard InChI is InChI=1S/C15H22N2O4/c1-11(3-8-14(19)20)9-10-16-15(21)17(2)12-4-6-13(18)7-5-12/h4-7,11,18H,3,8-10H2,1-2H3,(H,16,21)(H,19,20). The smallest absolute Gasteiger partial charge is 0.321 e. The molecule has 0 aliphatic heterocycles. The second kappa shape index (κ2) is 8.14. The molecule has 0 fully saturated rings. The molecule has 0 heterocycles. The molecule has 0 radical (unpaired) electrons. The Bertz CT molecular complexity index is 473. The quantitative estimate of drug-likeness (QED) is 0.720. The maximum absolute atomic E-state index is 11.9. The van der Waals surface area contributed by atoms with Crippen molar-refractivity contribution in [3.8, 4) is 5.75 Å². The predicted octanol–water partition coefficient (Wildman–Crippen LogP) is 2.43. The molecule has 0 saturated carbocycles. The number of nitrogens with one attached hydrogen (secondary N) is 1. The van der Waals surface area contributed by atoms with E-state index >= 15 is 0 Å². The van der Waals surface area contributed by atoms with Gasteiger partial charge in [0.2, 0.25) is 0 Å². The van der Waals surface area contributed by atoms with E-state index in [1.807, 2.05) is 6.92 Å². The van der Waals surface area contributed by atoms with Crippen LogP contribution in [0.25, 0.3) is 0 Å². The van der Waals surface area contributed by atoms with Crippen LogP contribution in [0, 0.1) is 5.92 Å². The van der Waals surface area contributed by atoms with E-state index < -0.39 is 5.97 Å². The average Bonchev–Trinajstić information content (AvgIpc) is 2.45. The Morgan fingerprint density at radius 1 is 1.24 bits per heavy atom. The number of urea groups is 1. The zero-order valence-corrected chi connectivity index (χ0v) is 12.4. The minimum absolute atomic E-state index is 0.153. The van der Waals surface area contributed by atoms with Crippen LogP contribution in [-0.4, -0.2) is 35.8 Å². The van der Waals surface area contributed by atoms with Gasteiger partial charge in [0.15, 0.2) is 0 Å². The van der Waals surface area contributed by atoms with Crippen molar-refractivity contribution < 1.29 is 19.8 Å². The number of hydrogen-bond donors (Lipinski definition) is 3. The van der Waals surface area contributed by atoms with Gasteiger partial charge in [0, 0.05) is 25.7 Å². The molecule has 0 saturated heterocycles. The summed E-state index contributed by atoms with van der Waals surface area (Å²) in [6, 6.07) is 6.13. The Balaban J connectivity index is 2.33. The summed E-state index contributed by atoms with van der Waals surface area (Å²) in [4.78, 5) is 23.9. The predicted molar refractivity (Wildman–Crippen MR) is 80.6 cm³/mol. The first-order valence-corrected chi connectivity index (χ1v) is 6.92. The molecule has 116 valence electrons. The highest BCUT2D eigenvalue weighted by molar-refractivity contribution is 5.91. The fourth-order valence-corrected chi connectivity index (χ4v) is 1.85. The number of phenols is 1. The molecule has 1 aromatic carbocycles. The highest BCUT2D eigenvalue weighted by Crippen LogP contribution is 2.17. The zero-order valence-electron chi connectivity index (χ0n) is 12.4. The topological polar surface area (TPSA) is 89.9 Å². The maximum atomic E-state index is 11.9. The summed E-state index contributed by atoms with van der Waals surface area (Å²) in [5, 5.41) is 20.6. The lowest BCUT2D eigenvalue weighted by Crippen LogP contribution is -2.38. The number of amides is 2. The third-order valence-corrected chi connectivity index (χ3v) is 3.31. The maximum Gasteiger partial charge on any atom is 0.321 e. The second-order valence-electron chi connectivity index (χ2n) is 5.13. The van der Waals surface area contributed by atoms with Crippen molar-refractivity contribution in [1.82, 2.24) is 5.32 Å². The monoisotopic (exact) mass is 294 g/mol. The first-order chi connectivity index (χ1) is 9.90. The van der Waals surface area contributed by atoms with Gasteiger partial charge in [-0.25, -0.2) is 4.79 Å². The Morgan fingerprint density at radius 2 is 1.86 bits per heavy atom. The van der Waals surface area contributed by atoms with E-state index in [1.165, 1.54) is 17.0 Å². The Kier molecular flexibility index (Phi) is 6.52. The first-order valence-electron chi connectivity index (χ1n) is 6.92. The molecule has 1 aromatic rings. The summed E-state index contributed by atoms with van der Waals surface area (Å²) >= 11 is 0. The van der Waals surface area contributed by atoms with Crippen molar-refractivity contribution >= 4 is 17.7 Å². The Labute approximate surface area is 124 Å². The number of anilines is 1. The molecule has 2 amide bonds.